The van der Waals surface area contributed by atoms with Gasteiger partial charge in [-0.05, 0) is 19.1 Å². The van der Waals surface area contributed by atoms with E-state index in [0.717, 1.165) is 12.1 Å². The van der Waals surface area contributed by atoms with E-state index < -0.39 is 34.1 Å². The van der Waals surface area contributed by atoms with Crippen LogP contribution in [0.15, 0.2) is 59.2 Å². The van der Waals surface area contributed by atoms with Gasteiger partial charge >= 0.3 is 0 Å². The van der Waals surface area contributed by atoms with Gasteiger partial charge in [0.2, 0.25) is 19.7 Å². The predicted molar refractivity (Wildman–Crippen MR) is 81.4 cm³/mol. The molecule has 0 fully saturated rings. The molecule has 0 spiro atoms. The normalized spacial score (nSPS) is 13.5. The molecule has 7 nitrogen and oxygen atoms in total. The largest absolute Gasteiger partial charge is 0.299 e. The molecule has 0 radical (unpaired) electrons. The summed E-state index contributed by atoms with van der Waals surface area (Å²) in [6.45, 7) is 6.59. The molecule has 0 aromatic heterocycles. The van der Waals surface area contributed by atoms with Crippen molar-refractivity contribution in [2.75, 3.05) is 0 Å². The van der Waals surface area contributed by atoms with Gasteiger partial charge < -0.3 is 0 Å². The van der Waals surface area contributed by atoms with Crippen molar-refractivity contribution in [1.29, 1.82) is 0 Å². The van der Waals surface area contributed by atoms with E-state index in [1.54, 1.807) is 0 Å². The number of rotatable bonds is 7. The molecule has 0 aliphatic heterocycles. The lowest BCUT2D eigenvalue weighted by Crippen LogP contribution is -2.45. The highest BCUT2D eigenvalue weighted by molar-refractivity contribution is 8.13. The molecule has 22 heavy (non-hydrogen) atoms. The van der Waals surface area contributed by atoms with Crippen LogP contribution in [-0.2, 0) is 34.0 Å². The lowest BCUT2D eigenvalue weighted by molar-refractivity contribution is 0.255. The Bertz CT molecular complexity index is 841. The van der Waals surface area contributed by atoms with E-state index in [9.17, 15) is 25.3 Å². The van der Waals surface area contributed by atoms with Gasteiger partial charge in [0.1, 0.15) is 0 Å². The first-order valence-electron chi connectivity index (χ1n) is 5.68. The molecule has 0 N–H and O–H groups in total. The predicted octanol–water partition coefficient (Wildman–Crippen LogP) is 1.18. The van der Waals surface area contributed by atoms with Gasteiger partial charge in [-0.15, -0.1) is 0 Å². The third kappa shape index (κ3) is 3.14. The third-order valence-corrected chi connectivity index (χ3v) is 8.88. The second kappa shape index (κ2) is 5.95. The molecule has 0 heterocycles. The fourth-order valence-corrected chi connectivity index (χ4v) is 5.98. The molecule has 0 saturated carbocycles. The first-order chi connectivity index (χ1) is 9.93. The number of hydrogen-bond acceptors (Lipinski definition) is 7. The van der Waals surface area contributed by atoms with E-state index in [1.165, 1.54) is 18.2 Å². The van der Waals surface area contributed by atoms with Gasteiger partial charge in [-0.2, -0.15) is 8.42 Å². The summed E-state index contributed by atoms with van der Waals surface area (Å²) in [5.41, 5.74) is 0. The zero-order chi connectivity index (χ0) is 17.2. The molecule has 0 aliphatic carbocycles. The maximum atomic E-state index is 12.2. The van der Waals surface area contributed by atoms with E-state index in [0.29, 0.717) is 17.7 Å². The Morgan fingerprint density at radius 1 is 0.909 bits per heavy atom. The lowest BCUT2D eigenvalue weighted by Gasteiger charge is -2.25. The zero-order valence-electron chi connectivity index (χ0n) is 11.5. The average molecular weight is 366 g/mol. The summed E-state index contributed by atoms with van der Waals surface area (Å²) in [7, 11) is -14.0. The van der Waals surface area contributed by atoms with Crippen molar-refractivity contribution in [2.24, 2.45) is 0 Å². The topological polar surface area (TPSA) is 112 Å². The van der Waals surface area contributed by atoms with Gasteiger partial charge in [0.25, 0.3) is 14.4 Å². The number of benzene rings is 1. The number of hydrogen-bond donors (Lipinski definition) is 0. The fraction of sp³-hybridized carbons (Fsp3) is 0.167. The summed E-state index contributed by atoms with van der Waals surface area (Å²) in [6, 6.07) is 6.54. The monoisotopic (exact) mass is 366 g/mol. The fourth-order valence-electron chi connectivity index (χ4n) is 1.39. The van der Waals surface area contributed by atoms with Crippen LogP contribution in [0.2, 0.25) is 0 Å². The molecule has 0 amide bonds. The summed E-state index contributed by atoms with van der Waals surface area (Å²) < 4.78 is 73.8. The Hall–Kier alpha value is -1.49. The summed E-state index contributed by atoms with van der Waals surface area (Å²) >= 11 is 0. The van der Waals surface area contributed by atoms with Crippen molar-refractivity contribution >= 4 is 29.8 Å². The van der Waals surface area contributed by atoms with Crippen LogP contribution in [0.4, 0.5) is 0 Å². The van der Waals surface area contributed by atoms with Crippen molar-refractivity contribution in [2.45, 2.75) is 16.1 Å². The van der Waals surface area contributed by atoms with Crippen LogP contribution in [0.5, 0.6) is 0 Å². The van der Waals surface area contributed by atoms with Crippen LogP contribution in [-0.4, -0.2) is 29.5 Å². The molecule has 1 aromatic carbocycles. The maximum absolute atomic E-state index is 12.2. The highest BCUT2D eigenvalue weighted by Gasteiger charge is 2.53. The van der Waals surface area contributed by atoms with Gasteiger partial charge in [-0.3, -0.25) is 0 Å². The minimum atomic E-state index is -4.67. The van der Waals surface area contributed by atoms with Crippen LogP contribution in [0.25, 0.3) is 0 Å². The molecule has 0 unspecified atom stereocenters. The molecule has 0 aliphatic rings. The molecule has 0 saturated heterocycles. The summed E-state index contributed by atoms with van der Waals surface area (Å²) in [4.78, 5) is -0.389. The van der Waals surface area contributed by atoms with Crippen molar-refractivity contribution in [3.63, 3.8) is 0 Å². The van der Waals surface area contributed by atoms with E-state index in [2.05, 4.69) is 17.3 Å². The van der Waals surface area contributed by atoms with Crippen LogP contribution in [0.1, 0.15) is 6.92 Å². The molecule has 1 rings (SSSR count). The average Bonchev–Trinajstić information content (AvgIpc) is 2.47. The lowest BCUT2D eigenvalue weighted by atomic mass is 10.4. The minimum Gasteiger partial charge on any atom is -0.226 e. The SMILES string of the molecule is C=CS(=O)(=O)C(C)(OS(=O)(=O)c1ccccc1)S(=O)(=O)C=C. The molecule has 10 heteroatoms. The standard InChI is InChI=1S/C12H14O7S3/c1-4-20(13,14)12(3,21(15,16)5-2)19-22(17,18)11-9-7-6-8-10-11/h4-10H,1-2H2,3H3. The highest BCUT2D eigenvalue weighted by atomic mass is 32.3. The van der Waals surface area contributed by atoms with Crippen molar-refractivity contribution in [3.8, 4) is 0 Å². The Balaban J connectivity index is 3.59. The molecular weight excluding hydrogens is 352 g/mol. The number of sulfone groups is 2. The van der Waals surface area contributed by atoms with Gasteiger partial charge in [0.15, 0.2) is 0 Å². The van der Waals surface area contributed by atoms with Gasteiger partial charge in [0.05, 0.1) is 4.90 Å². The molecule has 122 valence electrons. The van der Waals surface area contributed by atoms with Gasteiger partial charge in [-0.1, -0.05) is 31.4 Å². The van der Waals surface area contributed by atoms with Crippen LogP contribution in [0, 0.1) is 0 Å². The van der Waals surface area contributed by atoms with Gasteiger partial charge in [-0.25, -0.2) is 21.0 Å². The van der Waals surface area contributed by atoms with Crippen LogP contribution < -0.4 is 0 Å². The molecule has 0 bridgehead atoms. The van der Waals surface area contributed by atoms with Crippen LogP contribution in [0.3, 0.4) is 0 Å². The van der Waals surface area contributed by atoms with E-state index in [1.807, 2.05) is 0 Å². The maximum Gasteiger partial charge on any atom is 0.299 e. The Morgan fingerprint density at radius 3 is 1.68 bits per heavy atom. The van der Waals surface area contributed by atoms with Crippen molar-refractivity contribution < 1.29 is 29.4 Å². The smallest absolute Gasteiger partial charge is 0.226 e. The van der Waals surface area contributed by atoms with E-state index >= 15 is 0 Å². The first kappa shape index (κ1) is 18.6. The second-order valence-corrected chi connectivity index (χ2v) is 10.3. The zero-order valence-corrected chi connectivity index (χ0v) is 14.0. The Labute approximate surface area is 129 Å². The van der Waals surface area contributed by atoms with Crippen molar-refractivity contribution in [1.82, 2.24) is 0 Å². The Morgan fingerprint density at radius 2 is 1.32 bits per heavy atom. The van der Waals surface area contributed by atoms with Gasteiger partial charge in [0, 0.05) is 10.8 Å². The van der Waals surface area contributed by atoms with E-state index in [-0.39, 0.29) is 4.90 Å². The third-order valence-electron chi connectivity index (χ3n) is 2.77. The summed E-state index contributed by atoms with van der Waals surface area (Å²) in [6.07, 6.45) is 0. The quantitative estimate of drug-likeness (QED) is 0.666. The van der Waals surface area contributed by atoms with Crippen molar-refractivity contribution in [3.05, 3.63) is 54.3 Å². The van der Waals surface area contributed by atoms with Crippen LogP contribution >= 0.6 is 0 Å². The Kier molecular flexibility index (Phi) is 5.02. The minimum absolute atomic E-state index is 0.314. The highest BCUT2D eigenvalue weighted by Crippen LogP contribution is 2.32. The second-order valence-electron chi connectivity index (χ2n) is 4.14. The first-order valence-corrected chi connectivity index (χ1v) is 10.2. The summed E-state index contributed by atoms with van der Waals surface area (Å²) in [5.74, 6) is 0. The molecule has 1 aromatic rings. The molecular formula is C12H14O7S3. The molecule has 0 atom stereocenters. The van der Waals surface area contributed by atoms with E-state index in [4.69, 9.17) is 0 Å². The summed E-state index contributed by atoms with van der Waals surface area (Å²) in [5, 5.41) is 0.628.